The van der Waals surface area contributed by atoms with Crippen molar-refractivity contribution in [1.82, 2.24) is 14.8 Å². The fraction of sp³-hybridized carbons (Fsp3) is 0.174. The number of para-hydroxylation sites is 1. The molecule has 138 valence electrons. The molecule has 0 spiro atoms. The van der Waals surface area contributed by atoms with Crippen molar-refractivity contribution in [3.8, 4) is 0 Å². The Labute approximate surface area is 163 Å². The maximum atomic E-state index is 13.2. The largest absolute Gasteiger partial charge is 0.305 e. The van der Waals surface area contributed by atoms with Gasteiger partial charge >= 0.3 is 0 Å². The number of aromatic nitrogens is 3. The van der Waals surface area contributed by atoms with Crippen LogP contribution in [0.3, 0.4) is 0 Å². The van der Waals surface area contributed by atoms with Gasteiger partial charge in [0.25, 0.3) is 5.91 Å². The molecule has 1 aliphatic rings. The highest BCUT2D eigenvalue weighted by atomic mass is 16.2. The smallest absolute Gasteiger partial charge is 0.260 e. The van der Waals surface area contributed by atoms with Crippen molar-refractivity contribution < 1.29 is 4.79 Å². The van der Waals surface area contributed by atoms with Crippen LogP contribution in [0.2, 0.25) is 0 Å². The molecule has 0 N–H and O–H groups in total. The van der Waals surface area contributed by atoms with Gasteiger partial charge in [0, 0.05) is 23.3 Å². The molecule has 5 heteroatoms. The Bertz CT molecular complexity index is 1170. The van der Waals surface area contributed by atoms with Gasteiger partial charge in [0.15, 0.2) is 5.65 Å². The predicted molar refractivity (Wildman–Crippen MR) is 109 cm³/mol. The molecule has 1 atom stereocenters. The average molecular weight is 368 g/mol. The molecule has 0 radical (unpaired) electrons. The van der Waals surface area contributed by atoms with Crippen molar-refractivity contribution in [2.24, 2.45) is 0 Å². The lowest BCUT2D eigenvalue weighted by atomic mass is 10.1. The van der Waals surface area contributed by atoms with Gasteiger partial charge in [0.2, 0.25) is 0 Å². The van der Waals surface area contributed by atoms with Crippen molar-refractivity contribution in [2.45, 2.75) is 25.9 Å². The Morgan fingerprint density at radius 2 is 1.86 bits per heavy atom. The van der Waals surface area contributed by atoms with Crippen LogP contribution in [0.15, 0.2) is 73.1 Å². The van der Waals surface area contributed by atoms with Gasteiger partial charge in [-0.15, -0.1) is 0 Å². The van der Waals surface area contributed by atoms with Crippen LogP contribution in [0, 0.1) is 0 Å². The molecule has 0 aliphatic carbocycles. The molecule has 0 saturated heterocycles. The molecule has 1 amide bonds. The monoisotopic (exact) mass is 368 g/mol. The van der Waals surface area contributed by atoms with Gasteiger partial charge in [-0.1, -0.05) is 48.5 Å². The van der Waals surface area contributed by atoms with Crippen LogP contribution in [-0.2, 0) is 13.0 Å². The SMILES string of the molecule is C[C@H]1Cc2ccccc2N1C(=O)c1cnc2c(cnn2Cc2ccccc2)c1. The van der Waals surface area contributed by atoms with Gasteiger partial charge in [-0.2, -0.15) is 5.10 Å². The molecule has 3 heterocycles. The van der Waals surface area contributed by atoms with E-state index in [9.17, 15) is 4.79 Å². The second kappa shape index (κ2) is 6.60. The lowest BCUT2D eigenvalue weighted by Crippen LogP contribution is -2.35. The predicted octanol–water partition coefficient (Wildman–Crippen LogP) is 4.07. The molecular weight excluding hydrogens is 348 g/mol. The second-order valence-electron chi connectivity index (χ2n) is 7.28. The van der Waals surface area contributed by atoms with Crippen LogP contribution in [0.5, 0.6) is 0 Å². The summed E-state index contributed by atoms with van der Waals surface area (Å²) in [7, 11) is 0. The number of pyridine rings is 1. The van der Waals surface area contributed by atoms with E-state index >= 15 is 0 Å². The summed E-state index contributed by atoms with van der Waals surface area (Å²) in [5.74, 6) is -0.0114. The Balaban J connectivity index is 1.47. The van der Waals surface area contributed by atoms with Crippen LogP contribution < -0.4 is 4.90 Å². The standard InChI is InChI=1S/C23H20N4O/c1-16-11-18-9-5-6-10-21(18)27(16)23(28)20-12-19-14-25-26(22(19)24-13-20)15-17-7-3-2-4-8-17/h2-10,12-14,16H,11,15H2,1H3/t16-/m0/s1. The molecule has 0 bridgehead atoms. The zero-order chi connectivity index (χ0) is 19.1. The van der Waals surface area contributed by atoms with E-state index in [1.807, 2.05) is 52.0 Å². The number of anilines is 1. The molecule has 5 nitrogen and oxygen atoms in total. The zero-order valence-electron chi connectivity index (χ0n) is 15.6. The number of rotatable bonds is 3. The summed E-state index contributed by atoms with van der Waals surface area (Å²) in [6, 6.07) is 20.3. The summed E-state index contributed by atoms with van der Waals surface area (Å²) < 4.78 is 1.87. The minimum atomic E-state index is -0.0114. The highest BCUT2D eigenvalue weighted by Crippen LogP contribution is 2.33. The van der Waals surface area contributed by atoms with Crippen LogP contribution >= 0.6 is 0 Å². The van der Waals surface area contributed by atoms with Crippen LogP contribution in [0.4, 0.5) is 5.69 Å². The Hall–Kier alpha value is -3.47. The molecule has 2 aromatic carbocycles. The first-order valence-corrected chi connectivity index (χ1v) is 9.47. The van der Waals surface area contributed by atoms with E-state index in [2.05, 4.69) is 35.2 Å². The van der Waals surface area contributed by atoms with Gasteiger partial charge in [0.05, 0.1) is 18.3 Å². The summed E-state index contributed by atoms with van der Waals surface area (Å²) in [5.41, 5.74) is 4.76. The fourth-order valence-corrected chi connectivity index (χ4v) is 3.97. The first-order valence-electron chi connectivity index (χ1n) is 9.47. The topological polar surface area (TPSA) is 51.0 Å². The number of hydrogen-bond acceptors (Lipinski definition) is 3. The van der Waals surface area contributed by atoms with Gasteiger partial charge in [-0.25, -0.2) is 9.67 Å². The number of fused-ring (bicyclic) bond motifs is 2. The highest BCUT2D eigenvalue weighted by Gasteiger charge is 2.31. The van der Waals surface area contributed by atoms with E-state index in [0.29, 0.717) is 12.1 Å². The zero-order valence-corrected chi connectivity index (χ0v) is 15.6. The number of carbonyl (C=O) groups is 1. The molecule has 0 fully saturated rings. The third-order valence-corrected chi connectivity index (χ3v) is 5.32. The molecule has 28 heavy (non-hydrogen) atoms. The summed E-state index contributed by atoms with van der Waals surface area (Å²) in [4.78, 5) is 19.7. The lowest BCUT2D eigenvalue weighted by Gasteiger charge is -2.22. The Kier molecular flexibility index (Phi) is 3.93. The molecule has 0 unspecified atom stereocenters. The third kappa shape index (κ3) is 2.76. The van der Waals surface area contributed by atoms with E-state index in [4.69, 9.17) is 0 Å². The van der Waals surface area contributed by atoms with E-state index in [1.54, 1.807) is 12.4 Å². The van der Waals surface area contributed by atoms with Gasteiger partial charge in [0.1, 0.15) is 0 Å². The number of hydrogen-bond donors (Lipinski definition) is 0. The van der Waals surface area contributed by atoms with Gasteiger partial charge in [-0.3, -0.25) is 4.79 Å². The van der Waals surface area contributed by atoms with Crippen LogP contribution in [-0.4, -0.2) is 26.7 Å². The molecule has 5 rings (SSSR count). The van der Waals surface area contributed by atoms with Crippen molar-refractivity contribution in [3.63, 3.8) is 0 Å². The van der Waals surface area contributed by atoms with Crippen LogP contribution in [0.1, 0.15) is 28.4 Å². The van der Waals surface area contributed by atoms with Crippen molar-refractivity contribution >= 4 is 22.6 Å². The number of nitrogens with zero attached hydrogens (tertiary/aromatic N) is 4. The lowest BCUT2D eigenvalue weighted by molar-refractivity contribution is 0.0981. The molecule has 2 aromatic heterocycles. The van der Waals surface area contributed by atoms with Gasteiger partial charge < -0.3 is 4.90 Å². The van der Waals surface area contributed by atoms with Crippen molar-refractivity contribution in [3.05, 3.63) is 89.7 Å². The molecule has 1 aliphatic heterocycles. The Morgan fingerprint density at radius 1 is 1.07 bits per heavy atom. The summed E-state index contributed by atoms with van der Waals surface area (Å²) in [6.07, 6.45) is 4.33. The number of amides is 1. The number of carbonyl (C=O) groups excluding carboxylic acids is 1. The first-order chi connectivity index (χ1) is 13.7. The molecule has 0 saturated carbocycles. The fourth-order valence-electron chi connectivity index (χ4n) is 3.97. The average Bonchev–Trinajstić information content (AvgIpc) is 3.27. The van der Waals surface area contributed by atoms with Crippen molar-refractivity contribution in [1.29, 1.82) is 0 Å². The maximum Gasteiger partial charge on any atom is 0.260 e. The second-order valence-corrected chi connectivity index (χ2v) is 7.28. The normalized spacial score (nSPS) is 15.8. The minimum Gasteiger partial charge on any atom is -0.305 e. The van der Waals surface area contributed by atoms with Crippen LogP contribution in [0.25, 0.3) is 11.0 Å². The quantitative estimate of drug-likeness (QED) is 0.548. The van der Waals surface area contributed by atoms with Crippen molar-refractivity contribution in [2.75, 3.05) is 4.90 Å². The summed E-state index contributed by atoms with van der Waals surface area (Å²) >= 11 is 0. The van der Waals surface area contributed by atoms with E-state index in [-0.39, 0.29) is 11.9 Å². The Morgan fingerprint density at radius 3 is 2.71 bits per heavy atom. The van der Waals surface area contributed by atoms with E-state index in [1.165, 1.54) is 5.56 Å². The number of benzene rings is 2. The summed E-state index contributed by atoms with van der Waals surface area (Å²) in [6.45, 7) is 2.74. The highest BCUT2D eigenvalue weighted by molar-refractivity contribution is 6.08. The van der Waals surface area contributed by atoms with Gasteiger partial charge in [-0.05, 0) is 36.6 Å². The minimum absolute atomic E-state index is 0.0114. The van der Waals surface area contributed by atoms with E-state index < -0.39 is 0 Å². The first kappa shape index (κ1) is 16.7. The third-order valence-electron chi connectivity index (χ3n) is 5.32. The molecular formula is C23H20N4O. The maximum absolute atomic E-state index is 13.2. The molecule has 4 aromatic rings. The van der Waals surface area contributed by atoms with E-state index in [0.717, 1.165) is 28.7 Å². The summed E-state index contributed by atoms with van der Waals surface area (Å²) in [5, 5.41) is 5.35.